The molecule has 1 amide bonds. The van der Waals surface area contributed by atoms with Crippen LogP contribution in [0.25, 0.3) is 0 Å². The Bertz CT molecular complexity index is 953. The first-order valence-electron chi connectivity index (χ1n) is 12.5. The molecule has 1 aromatic rings. The van der Waals surface area contributed by atoms with Crippen molar-refractivity contribution in [1.29, 1.82) is 0 Å². The quantitative estimate of drug-likeness (QED) is 0.337. The first-order chi connectivity index (χ1) is 16.4. The van der Waals surface area contributed by atoms with Crippen molar-refractivity contribution in [1.82, 2.24) is 4.90 Å². The van der Waals surface area contributed by atoms with Crippen molar-refractivity contribution in [3.05, 3.63) is 58.7 Å². The summed E-state index contributed by atoms with van der Waals surface area (Å²) in [4.78, 5) is 33.2. The Hall–Kier alpha value is -2.89. The van der Waals surface area contributed by atoms with Crippen molar-refractivity contribution >= 4 is 17.6 Å². The molecular weight excluding hydrogens is 428 g/mol. The Morgan fingerprint density at radius 3 is 2.56 bits per heavy atom. The number of ether oxygens (including phenoxy) is 1. The third-order valence-electron chi connectivity index (χ3n) is 6.48. The minimum absolute atomic E-state index is 0.0327. The first-order valence-corrected chi connectivity index (χ1v) is 12.5. The number of piperidine rings is 1. The van der Waals surface area contributed by atoms with E-state index in [2.05, 4.69) is 31.2 Å². The highest BCUT2D eigenvalue weighted by molar-refractivity contribution is 6.00. The smallest absolute Gasteiger partial charge is 0.338 e. The third-order valence-corrected chi connectivity index (χ3v) is 6.48. The van der Waals surface area contributed by atoms with Crippen molar-refractivity contribution < 1.29 is 19.2 Å². The molecule has 2 aliphatic heterocycles. The van der Waals surface area contributed by atoms with E-state index in [9.17, 15) is 9.59 Å². The van der Waals surface area contributed by atoms with E-state index in [1.54, 1.807) is 0 Å². The number of esters is 1. The second-order valence-corrected chi connectivity index (χ2v) is 9.45. The molecule has 2 heterocycles. The lowest BCUT2D eigenvalue weighted by Crippen LogP contribution is -2.48. The highest BCUT2D eigenvalue weighted by Crippen LogP contribution is 2.23. The SMILES string of the molecule is Cc1cc(C)c2c(c1)C/C(=N\OCC(=O)N1C(C)CCCC1C)C=CCC/C=C/CCOC2=O. The Morgan fingerprint density at radius 1 is 1.09 bits per heavy atom. The fraction of sp³-hybridized carbons (Fsp3) is 0.536. The number of fused-ring (bicyclic) bond motifs is 1. The van der Waals surface area contributed by atoms with Crippen LogP contribution in [0.3, 0.4) is 0 Å². The van der Waals surface area contributed by atoms with E-state index in [4.69, 9.17) is 9.57 Å². The number of oxime groups is 1. The van der Waals surface area contributed by atoms with Gasteiger partial charge in [0.15, 0.2) is 6.61 Å². The Balaban J connectivity index is 1.82. The van der Waals surface area contributed by atoms with Gasteiger partial charge in [-0.05, 0) is 83.4 Å². The van der Waals surface area contributed by atoms with Crippen molar-refractivity contribution in [2.45, 2.75) is 84.7 Å². The zero-order valence-corrected chi connectivity index (χ0v) is 21.0. The zero-order chi connectivity index (χ0) is 24.5. The number of allylic oxidation sites excluding steroid dienone is 3. The molecule has 1 fully saturated rings. The molecular formula is C28H38N2O4. The van der Waals surface area contributed by atoms with Crippen molar-refractivity contribution in [2.24, 2.45) is 5.16 Å². The molecule has 0 bridgehead atoms. The van der Waals surface area contributed by atoms with Crippen LogP contribution in [0, 0.1) is 13.8 Å². The van der Waals surface area contributed by atoms with Crippen LogP contribution in [-0.4, -0.2) is 47.8 Å². The molecule has 0 aromatic heterocycles. The molecule has 0 N–H and O–H groups in total. The van der Waals surface area contributed by atoms with E-state index in [0.717, 1.165) is 48.8 Å². The normalized spacial score (nSPS) is 24.2. The Labute approximate surface area is 203 Å². The molecule has 1 aromatic carbocycles. The van der Waals surface area contributed by atoms with Crippen LogP contribution >= 0.6 is 0 Å². The van der Waals surface area contributed by atoms with Gasteiger partial charge < -0.3 is 14.5 Å². The summed E-state index contributed by atoms with van der Waals surface area (Å²) in [6.07, 6.45) is 14.2. The maximum Gasteiger partial charge on any atom is 0.338 e. The van der Waals surface area contributed by atoms with Gasteiger partial charge >= 0.3 is 5.97 Å². The van der Waals surface area contributed by atoms with Crippen LogP contribution < -0.4 is 0 Å². The fourth-order valence-electron chi connectivity index (χ4n) is 4.90. The van der Waals surface area contributed by atoms with E-state index < -0.39 is 0 Å². The third kappa shape index (κ3) is 7.05. The summed E-state index contributed by atoms with van der Waals surface area (Å²) in [6, 6.07) is 4.43. The number of hydrogen-bond donors (Lipinski definition) is 0. The molecule has 0 aliphatic carbocycles. The zero-order valence-electron chi connectivity index (χ0n) is 21.0. The van der Waals surface area contributed by atoms with E-state index >= 15 is 0 Å². The van der Waals surface area contributed by atoms with Gasteiger partial charge in [0.2, 0.25) is 0 Å². The van der Waals surface area contributed by atoms with E-state index in [-0.39, 0.29) is 30.6 Å². The van der Waals surface area contributed by atoms with Gasteiger partial charge in [-0.2, -0.15) is 0 Å². The summed E-state index contributed by atoms with van der Waals surface area (Å²) >= 11 is 0. The van der Waals surface area contributed by atoms with E-state index in [1.807, 2.05) is 43.0 Å². The largest absolute Gasteiger partial charge is 0.462 e. The van der Waals surface area contributed by atoms with Gasteiger partial charge in [0, 0.05) is 18.5 Å². The number of benzene rings is 1. The van der Waals surface area contributed by atoms with Gasteiger partial charge in [-0.25, -0.2) is 4.79 Å². The average molecular weight is 467 g/mol. The van der Waals surface area contributed by atoms with Crippen molar-refractivity contribution in [3.8, 4) is 0 Å². The fourth-order valence-corrected chi connectivity index (χ4v) is 4.90. The number of amides is 1. The molecule has 2 unspecified atom stereocenters. The van der Waals surface area contributed by atoms with E-state index in [1.165, 1.54) is 0 Å². The number of carbonyl (C=O) groups is 2. The van der Waals surface area contributed by atoms with Crippen LogP contribution in [0.2, 0.25) is 0 Å². The number of carbonyl (C=O) groups excluding carboxylic acids is 2. The lowest BCUT2D eigenvalue weighted by molar-refractivity contribution is -0.142. The lowest BCUT2D eigenvalue weighted by Gasteiger charge is -2.38. The van der Waals surface area contributed by atoms with Gasteiger partial charge in [0.25, 0.3) is 5.91 Å². The van der Waals surface area contributed by atoms with Crippen molar-refractivity contribution in [2.75, 3.05) is 13.2 Å². The van der Waals surface area contributed by atoms with Crippen LogP contribution in [0.15, 0.2) is 41.6 Å². The summed E-state index contributed by atoms with van der Waals surface area (Å²) in [7, 11) is 0. The molecule has 2 aliphatic rings. The Kier molecular flexibility index (Phi) is 9.49. The van der Waals surface area contributed by atoms with Gasteiger partial charge in [0.1, 0.15) is 0 Å². The second-order valence-electron chi connectivity index (χ2n) is 9.45. The molecule has 0 radical (unpaired) electrons. The number of hydrogen-bond acceptors (Lipinski definition) is 5. The molecule has 184 valence electrons. The molecule has 3 rings (SSSR count). The molecule has 6 nitrogen and oxygen atoms in total. The summed E-state index contributed by atoms with van der Waals surface area (Å²) in [6.45, 7) is 8.40. The molecule has 6 heteroatoms. The summed E-state index contributed by atoms with van der Waals surface area (Å²) in [5, 5.41) is 4.33. The predicted molar refractivity (Wildman–Crippen MR) is 135 cm³/mol. The maximum atomic E-state index is 12.9. The highest BCUT2D eigenvalue weighted by atomic mass is 16.6. The minimum Gasteiger partial charge on any atom is -0.462 e. The van der Waals surface area contributed by atoms with Crippen LogP contribution in [0.4, 0.5) is 0 Å². The number of likely N-dealkylation sites (tertiary alicyclic amines) is 1. The van der Waals surface area contributed by atoms with Crippen LogP contribution in [-0.2, 0) is 20.8 Å². The monoisotopic (exact) mass is 466 g/mol. The number of nitrogens with zero attached hydrogens (tertiary/aromatic N) is 2. The standard InChI is InChI=1S/C28H38N2O4/c1-20-16-21(2)27-24(17-20)18-25(14-9-7-5-6-8-10-15-33-28(27)32)29-34-19-26(31)30-22(3)12-11-13-23(30)4/h6,8-9,14,16-17,22-23H,5,7,10-13,15,18-19H2,1-4H3/b8-6+,14-9?,29-25-. The maximum absolute atomic E-state index is 12.9. The predicted octanol–water partition coefficient (Wildman–Crippen LogP) is 5.46. The molecule has 34 heavy (non-hydrogen) atoms. The average Bonchev–Trinajstić information content (AvgIpc) is 2.76. The van der Waals surface area contributed by atoms with Crippen molar-refractivity contribution in [3.63, 3.8) is 0 Å². The van der Waals surface area contributed by atoms with Gasteiger partial charge in [-0.1, -0.05) is 41.1 Å². The lowest BCUT2D eigenvalue weighted by atomic mass is 9.95. The van der Waals surface area contributed by atoms with Gasteiger partial charge in [-0.3, -0.25) is 4.79 Å². The molecule has 0 spiro atoms. The highest BCUT2D eigenvalue weighted by Gasteiger charge is 2.29. The summed E-state index contributed by atoms with van der Waals surface area (Å²) < 4.78 is 5.54. The van der Waals surface area contributed by atoms with Crippen LogP contribution in [0.1, 0.15) is 79.4 Å². The summed E-state index contributed by atoms with van der Waals surface area (Å²) in [5.41, 5.74) is 4.06. The Morgan fingerprint density at radius 2 is 1.79 bits per heavy atom. The summed E-state index contributed by atoms with van der Waals surface area (Å²) in [5.74, 6) is -0.347. The second kappa shape index (κ2) is 12.5. The van der Waals surface area contributed by atoms with Gasteiger partial charge in [-0.15, -0.1) is 0 Å². The number of rotatable bonds is 3. The first kappa shape index (κ1) is 25.7. The van der Waals surface area contributed by atoms with Gasteiger partial charge in [0.05, 0.1) is 17.9 Å². The van der Waals surface area contributed by atoms with E-state index in [0.29, 0.717) is 30.7 Å². The number of aryl methyl sites for hydroxylation is 2. The minimum atomic E-state index is -0.314. The number of cyclic esters (lactones) is 1. The molecule has 1 saturated heterocycles. The molecule has 0 saturated carbocycles. The molecule has 2 atom stereocenters. The van der Waals surface area contributed by atoms with Crippen LogP contribution in [0.5, 0.6) is 0 Å². The topological polar surface area (TPSA) is 68.2 Å².